The molecule has 6 heteroatoms. The molecule has 0 aliphatic rings. The number of hydrogen-bond acceptors (Lipinski definition) is 5. The van der Waals surface area contributed by atoms with E-state index in [0.29, 0.717) is 11.0 Å². The molecule has 5 nitrogen and oxygen atoms in total. The van der Waals surface area contributed by atoms with Crippen LogP contribution in [0.25, 0.3) is 21.9 Å². The van der Waals surface area contributed by atoms with E-state index < -0.39 is 9.84 Å². The zero-order valence-electron chi connectivity index (χ0n) is 13.8. The van der Waals surface area contributed by atoms with Gasteiger partial charge in [-0.15, -0.1) is 0 Å². The predicted octanol–water partition coefficient (Wildman–Crippen LogP) is 3.79. The molecular formula is C20H14O5S. The topological polar surface area (TPSA) is 73.6 Å². The summed E-state index contributed by atoms with van der Waals surface area (Å²) < 4.78 is 37.0. The second-order valence-corrected chi connectivity index (χ2v) is 7.70. The van der Waals surface area contributed by atoms with Crippen molar-refractivity contribution in [2.75, 3.05) is 7.11 Å². The van der Waals surface area contributed by atoms with Crippen LogP contribution in [0.5, 0.6) is 5.75 Å². The lowest BCUT2D eigenvalue weighted by molar-refractivity contribution is 0.410. The van der Waals surface area contributed by atoms with Gasteiger partial charge in [0.1, 0.15) is 5.58 Å². The van der Waals surface area contributed by atoms with Gasteiger partial charge < -0.3 is 9.15 Å². The van der Waals surface area contributed by atoms with Gasteiger partial charge >= 0.3 is 0 Å². The fourth-order valence-electron chi connectivity index (χ4n) is 2.89. The van der Waals surface area contributed by atoms with Gasteiger partial charge in [0.15, 0.2) is 11.3 Å². The maximum Gasteiger partial charge on any atom is 0.206 e. The van der Waals surface area contributed by atoms with Crippen LogP contribution in [0.4, 0.5) is 0 Å². The van der Waals surface area contributed by atoms with Crippen molar-refractivity contribution >= 4 is 31.8 Å². The summed E-state index contributed by atoms with van der Waals surface area (Å²) >= 11 is 0. The maximum absolute atomic E-state index is 12.9. The minimum Gasteiger partial charge on any atom is -0.493 e. The molecule has 0 bridgehead atoms. The van der Waals surface area contributed by atoms with E-state index in [-0.39, 0.29) is 31.9 Å². The molecule has 0 spiro atoms. The average molecular weight is 366 g/mol. The van der Waals surface area contributed by atoms with Crippen molar-refractivity contribution < 1.29 is 17.6 Å². The third-order valence-corrected chi connectivity index (χ3v) is 5.95. The Morgan fingerprint density at radius 1 is 0.846 bits per heavy atom. The second-order valence-electron chi connectivity index (χ2n) is 5.75. The number of rotatable bonds is 3. The van der Waals surface area contributed by atoms with Gasteiger partial charge in [-0.25, -0.2) is 8.42 Å². The zero-order valence-corrected chi connectivity index (χ0v) is 14.6. The van der Waals surface area contributed by atoms with Crippen molar-refractivity contribution in [1.82, 2.24) is 0 Å². The van der Waals surface area contributed by atoms with E-state index >= 15 is 0 Å². The van der Waals surface area contributed by atoms with Gasteiger partial charge in [-0.3, -0.25) is 4.79 Å². The molecule has 0 radical (unpaired) electrons. The Morgan fingerprint density at radius 3 is 2.27 bits per heavy atom. The van der Waals surface area contributed by atoms with Gasteiger partial charge in [0.2, 0.25) is 15.3 Å². The molecule has 1 heterocycles. The molecule has 0 saturated carbocycles. The number of hydrogen-bond donors (Lipinski definition) is 0. The van der Waals surface area contributed by atoms with Crippen molar-refractivity contribution in [3.05, 3.63) is 77.0 Å². The summed E-state index contributed by atoms with van der Waals surface area (Å²) in [5, 5.41) is 0.550. The van der Waals surface area contributed by atoms with Crippen LogP contribution in [0.2, 0.25) is 0 Å². The van der Waals surface area contributed by atoms with E-state index in [9.17, 15) is 13.2 Å². The summed E-state index contributed by atoms with van der Waals surface area (Å²) in [6.45, 7) is 0. The summed E-state index contributed by atoms with van der Waals surface area (Å²) in [7, 11) is -2.39. The molecule has 26 heavy (non-hydrogen) atoms. The van der Waals surface area contributed by atoms with Crippen LogP contribution in [0, 0.1) is 0 Å². The Labute approximate surface area is 149 Å². The van der Waals surface area contributed by atoms with Gasteiger partial charge in [0, 0.05) is 6.07 Å². The van der Waals surface area contributed by atoms with Crippen molar-refractivity contribution in [2.45, 2.75) is 9.79 Å². The van der Waals surface area contributed by atoms with Gasteiger partial charge in [-0.05, 0) is 30.3 Å². The molecule has 0 aliphatic carbocycles. The molecule has 0 amide bonds. The van der Waals surface area contributed by atoms with Crippen LogP contribution in [-0.2, 0) is 9.84 Å². The summed E-state index contributed by atoms with van der Waals surface area (Å²) in [4.78, 5) is 13.0. The Hall–Kier alpha value is -3.12. The second kappa shape index (κ2) is 6.00. The lowest BCUT2D eigenvalue weighted by Gasteiger charge is -2.10. The average Bonchev–Trinajstić information content (AvgIpc) is 2.68. The van der Waals surface area contributed by atoms with Crippen molar-refractivity contribution in [3.8, 4) is 5.75 Å². The molecule has 0 N–H and O–H groups in total. The van der Waals surface area contributed by atoms with Crippen LogP contribution < -0.4 is 10.2 Å². The zero-order chi connectivity index (χ0) is 18.3. The number of para-hydroxylation sites is 1. The Morgan fingerprint density at radius 2 is 1.54 bits per heavy atom. The fraction of sp³-hybridized carbons (Fsp3) is 0.0500. The first-order chi connectivity index (χ1) is 12.5. The molecule has 1 aromatic heterocycles. The monoisotopic (exact) mass is 366 g/mol. The van der Waals surface area contributed by atoms with E-state index in [0.717, 1.165) is 0 Å². The van der Waals surface area contributed by atoms with Gasteiger partial charge in [0.25, 0.3) is 0 Å². The van der Waals surface area contributed by atoms with Crippen LogP contribution in [-0.4, -0.2) is 15.5 Å². The van der Waals surface area contributed by atoms with Crippen LogP contribution in [0.15, 0.2) is 85.7 Å². The third kappa shape index (κ3) is 2.46. The van der Waals surface area contributed by atoms with E-state index in [4.69, 9.17) is 9.15 Å². The van der Waals surface area contributed by atoms with E-state index in [1.807, 2.05) is 0 Å². The van der Waals surface area contributed by atoms with Crippen LogP contribution in [0.1, 0.15) is 0 Å². The Bertz CT molecular complexity index is 1290. The van der Waals surface area contributed by atoms with E-state index in [1.165, 1.54) is 31.4 Å². The van der Waals surface area contributed by atoms with Gasteiger partial charge in [-0.2, -0.15) is 0 Å². The lowest BCUT2D eigenvalue weighted by atomic mass is 10.1. The molecule has 0 unspecified atom stereocenters. The first-order valence-corrected chi connectivity index (χ1v) is 9.34. The van der Waals surface area contributed by atoms with Crippen molar-refractivity contribution in [3.63, 3.8) is 0 Å². The summed E-state index contributed by atoms with van der Waals surface area (Å²) in [6.07, 6.45) is 0. The number of methoxy groups -OCH3 is 1. The molecule has 130 valence electrons. The highest BCUT2D eigenvalue weighted by molar-refractivity contribution is 7.91. The molecule has 0 fully saturated rings. The van der Waals surface area contributed by atoms with Crippen LogP contribution in [0.3, 0.4) is 0 Å². The highest BCUT2D eigenvalue weighted by atomic mass is 32.2. The summed E-state index contributed by atoms with van der Waals surface area (Å²) in [5.74, 6) is 0.194. The fourth-order valence-corrected chi connectivity index (χ4v) is 4.21. The summed E-state index contributed by atoms with van der Waals surface area (Å²) in [5.41, 5.74) is 0.343. The highest BCUT2D eigenvalue weighted by Gasteiger charge is 2.22. The molecule has 0 atom stereocenters. The first kappa shape index (κ1) is 16.4. The SMILES string of the molecule is COc1cc(S(=O)(=O)c2ccccc2)cc2c(=O)c3ccccc3oc12. The normalized spacial score (nSPS) is 11.7. The third-order valence-electron chi connectivity index (χ3n) is 4.20. The molecule has 0 aliphatic heterocycles. The highest BCUT2D eigenvalue weighted by Crippen LogP contribution is 2.32. The Balaban J connectivity index is 2.09. The molecule has 0 saturated heterocycles. The largest absolute Gasteiger partial charge is 0.493 e. The minimum atomic E-state index is -3.79. The molecule has 4 aromatic rings. The molecule has 3 aromatic carbocycles. The number of fused-ring (bicyclic) bond motifs is 2. The molecular weight excluding hydrogens is 352 g/mol. The summed E-state index contributed by atoms with van der Waals surface area (Å²) in [6, 6.07) is 17.6. The quantitative estimate of drug-likeness (QED) is 0.516. The van der Waals surface area contributed by atoms with Crippen LogP contribution >= 0.6 is 0 Å². The minimum absolute atomic E-state index is 0.0179. The van der Waals surface area contributed by atoms with Gasteiger partial charge in [-0.1, -0.05) is 30.3 Å². The number of ether oxygens (including phenoxy) is 1. The first-order valence-electron chi connectivity index (χ1n) is 7.86. The van der Waals surface area contributed by atoms with E-state index in [1.54, 1.807) is 42.5 Å². The number of sulfone groups is 1. The molecule has 4 rings (SSSR count). The smallest absolute Gasteiger partial charge is 0.206 e. The predicted molar refractivity (Wildman–Crippen MR) is 98.4 cm³/mol. The lowest BCUT2D eigenvalue weighted by Crippen LogP contribution is -2.07. The Kier molecular flexibility index (Phi) is 3.77. The number of benzene rings is 3. The maximum atomic E-state index is 12.9. The van der Waals surface area contributed by atoms with E-state index in [2.05, 4.69) is 0 Å². The van der Waals surface area contributed by atoms with Gasteiger partial charge in [0.05, 0.1) is 27.7 Å². The standard InChI is InChI=1S/C20H14O5S/c1-24-18-12-14(26(22,23)13-7-3-2-4-8-13)11-16-19(21)15-9-5-6-10-17(15)25-20(16)18/h2-12H,1H3. The van der Waals surface area contributed by atoms with Crippen molar-refractivity contribution in [2.24, 2.45) is 0 Å². The van der Waals surface area contributed by atoms with Crippen molar-refractivity contribution in [1.29, 1.82) is 0 Å².